The molecule has 1 amide bonds. The third kappa shape index (κ3) is 5.61. The highest BCUT2D eigenvalue weighted by Crippen LogP contribution is 2.37. The number of nitrogens with zero attached hydrogens (tertiary/aromatic N) is 1. The molecule has 0 spiro atoms. The molecule has 0 bridgehead atoms. The summed E-state index contributed by atoms with van der Waals surface area (Å²) >= 11 is 0. The van der Waals surface area contributed by atoms with E-state index in [1.165, 1.54) is 24.3 Å². The fourth-order valence-electron chi connectivity index (χ4n) is 4.38. The molecule has 0 N–H and O–H groups in total. The van der Waals surface area contributed by atoms with Crippen molar-refractivity contribution in [2.75, 3.05) is 10.9 Å². The number of carbonyl (C=O) groups is 2. The molecule has 39 heavy (non-hydrogen) atoms. The average molecular weight is 548 g/mol. The number of hydrogen-bond donors (Lipinski definition) is 0. The standard InChI is InChI=1S/C31H33NO6S/c1-6-11-27(33)32(39(35,36)24-17-14-22(15-18-24)31(3,4)5)23-16-19-26-25(20-23)28(30(34)37-7-2)29(38-26)21-12-9-8-10-13-21/h8-10,12-20H,6-7,11H2,1-5H3. The molecule has 7 nitrogen and oxygen atoms in total. The first kappa shape index (κ1) is 28.1. The summed E-state index contributed by atoms with van der Waals surface area (Å²) in [6.07, 6.45) is 0.497. The molecule has 0 aliphatic carbocycles. The average Bonchev–Trinajstić information content (AvgIpc) is 3.28. The van der Waals surface area contributed by atoms with Crippen molar-refractivity contribution in [2.45, 2.75) is 57.8 Å². The van der Waals surface area contributed by atoms with Crippen LogP contribution >= 0.6 is 0 Å². The second-order valence-electron chi connectivity index (χ2n) is 10.3. The van der Waals surface area contributed by atoms with Gasteiger partial charge in [0.25, 0.3) is 10.0 Å². The Morgan fingerprint density at radius 3 is 2.18 bits per heavy atom. The first-order valence-electron chi connectivity index (χ1n) is 13.0. The molecule has 0 aliphatic heterocycles. The number of amides is 1. The van der Waals surface area contributed by atoms with E-state index in [4.69, 9.17) is 9.15 Å². The molecule has 1 aromatic heterocycles. The predicted octanol–water partition coefficient (Wildman–Crippen LogP) is 7.10. The van der Waals surface area contributed by atoms with Crippen LogP contribution in [0.5, 0.6) is 0 Å². The maximum atomic E-state index is 13.9. The van der Waals surface area contributed by atoms with E-state index in [9.17, 15) is 18.0 Å². The Kier molecular flexibility index (Phi) is 7.97. The number of carbonyl (C=O) groups excluding carboxylic acids is 2. The van der Waals surface area contributed by atoms with Gasteiger partial charge in [-0.25, -0.2) is 17.5 Å². The largest absolute Gasteiger partial charge is 0.462 e. The highest BCUT2D eigenvalue weighted by Gasteiger charge is 2.32. The van der Waals surface area contributed by atoms with Gasteiger partial charge < -0.3 is 9.15 Å². The van der Waals surface area contributed by atoms with Crippen molar-refractivity contribution in [3.63, 3.8) is 0 Å². The molecule has 0 saturated carbocycles. The van der Waals surface area contributed by atoms with Crippen LogP contribution in [0, 0.1) is 0 Å². The summed E-state index contributed by atoms with van der Waals surface area (Å²) in [5.41, 5.74) is 2.15. The summed E-state index contributed by atoms with van der Waals surface area (Å²) in [5.74, 6) is -0.853. The number of benzene rings is 3. The zero-order valence-corrected chi connectivity index (χ0v) is 23.7. The second kappa shape index (κ2) is 11.1. The fraction of sp³-hybridized carbons (Fsp3) is 0.290. The van der Waals surface area contributed by atoms with E-state index in [0.717, 1.165) is 9.87 Å². The number of ether oxygens (including phenoxy) is 1. The Hall–Kier alpha value is -3.91. The smallest absolute Gasteiger partial charge is 0.342 e. The topological polar surface area (TPSA) is 93.9 Å². The lowest BCUT2D eigenvalue weighted by molar-refractivity contribution is -0.117. The minimum atomic E-state index is -4.26. The van der Waals surface area contributed by atoms with E-state index in [2.05, 4.69) is 0 Å². The van der Waals surface area contributed by atoms with Gasteiger partial charge in [0.1, 0.15) is 16.9 Å². The number of rotatable bonds is 8. The maximum absolute atomic E-state index is 13.9. The third-order valence-corrected chi connectivity index (χ3v) is 8.13. The molecule has 1 heterocycles. The van der Waals surface area contributed by atoms with Crippen LogP contribution in [0.1, 0.15) is 63.4 Å². The van der Waals surface area contributed by atoms with Gasteiger partial charge in [-0.1, -0.05) is 70.2 Å². The van der Waals surface area contributed by atoms with Gasteiger partial charge in [-0.15, -0.1) is 0 Å². The molecule has 0 radical (unpaired) electrons. The fourth-order valence-corrected chi connectivity index (χ4v) is 5.82. The summed E-state index contributed by atoms with van der Waals surface area (Å²) in [7, 11) is -4.26. The minimum absolute atomic E-state index is 0.00262. The van der Waals surface area contributed by atoms with Crippen molar-refractivity contribution in [1.82, 2.24) is 0 Å². The number of esters is 1. The summed E-state index contributed by atoms with van der Waals surface area (Å²) in [6.45, 7) is 9.79. The molecule has 204 valence electrons. The van der Waals surface area contributed by atoms with E-state index in [0.29, 0.717) is 28.7 Å². The van der Waals surface area contributed by atoms with E-state index in [-0.39, 0.29) is 34.6 Å². The third-order valence-electron chi connectivity index (χ3n) is 6.37. The van der Waals surface area contributed by atoms with Crippen LogP contribution in [0.25, 0.3) is 22.3 Å². The van der Waals surface area contributed by atoms with E-state index >= 15 is 0 Å². The predicted molar refractivity (Wildman–Crippen MR) is 152 cm³/mol. The normalized spacial score (nSPS) is 11.9. The summed E-state index contributed by atoms with van der Waals surface area (Å²) in [5, 5.41) is 0.359. The number of hydrogen-bond acceptors (Lipinski definition) is 6. The van der Waals surface area contributed by atoms with Crippen LogP contribution in [-0.4, -0.2) is 26.9 Å². The molecule has 3 aromatic carbocycles. The number of sulfonamides is 1. The molecule has 0 aliphatic rings. The van der Waals surface area contributed by atoms with Gasteiger partial charge >= 0.3 is 5.97 Å². The van der Waals surface area contributed by atoms with Crippen LogP contribution < -0.4 is 4.31 Å². The van der Waals surface area contributed by atoms with Crippen molar-refractivity contribution < 1.29 is 27.2 Å². The Morgan fingerprint density at radius 2 is 1.59 bits per heavy atom. The van der Waals surface area contributed by atoms with Crippen molar-refractivity contribution >= 4 is 38.6 Å². The van der Waals surface area contributed by atoms with Crippen LogP contribution in [-0.2, 0) is 25.0 Å². The zero-order valence-electron chi connectivity index (χ0n) is 22.9. The highest BCUT2D eigenvalue weighted by molar-refractivity contribution is 7.93. The number of furan rings is 1. The van der Waals surface area contributed by atoms with Crippen molar-refractivity contribution in [2.24, 2.45) is 0 Å². The van der Waals surface area contributed by atoms with Gasteiger partial charge in [0.05, 0.1) is 17.2 Å². The van der Waals surface area contributed by atoms with Crippen molar-refractivity contribution in [1.29, 1.82) is 0 Å². The second-order valence-corrected chi connectivity index (χ2v) is 12.0. The Morgan fingerprint density at radius 1 is 0.923 bits per heavy atom. The van der Waals surface area contributed by atoms with Crippen molar-refractivity contribution in [3.8, 4) is 11.3 Å². The van der Waals surface area contributed by atoms with Gasteiger partial charge in [0, 0.05) is 17.4 Å². The molecular weight excluding hydrogens is 514 g/mol. The van der Waals surface area contributed by atoms with E-state index in [1.807, 2.05) is 58.0 Å². The summed E-state index contributed by atoms with van der Waals surface area (Å²) < 4.78 is 40.0. The van der Waals surface area contributed by atoms with Gasteiger partial charge in [-0.05, 0) is 54.7 Å². The molecule has 0 unspecified atom stereocenters. The van der Waals surface area contributed by atoms with Crippen molar-refractivity contribution in [3.05, 3.63) is 83.9 Å². The molecule has 4 rings (SSSR count). The Labute approximate surface area is 229 Å². The van der Waals surface area contributed by atoms with E-state index in [1.54, 1.807) is 25.1 Å². The van der Waals surface area contributed by atoms with Crippen LogP contribution in [0.3, 0.4) is 0 Å². The van der Waals surface area contributed by atoms with E-state index < -0.39 is 21.9 Å². The summed E-state index contributed by atoms with van der Waals surface area (Å²) in [6, 6.07) is 20.3. The van der Waals surface area contributed by atoms with Gasteiger partial charge in [0.15, 0.2) is 0 Å². The molecule has 0 fully saturated rings. The lowest BCUT2D eigenvalue weighted by Gasteiger charge is -2.24. The van der Waals surface area contributed by atoms with Gasteiger partial charge in [-0.3, -0.25) is 4.79 Å². The first-order valence-corrected chi connectivity index (χ1v) is 14.4. The summed E-state index contributed by atoms with van der Waals surface area (Å²) in [4.78, 5) is 26.4. The lowest BCUT2D eigenvalue weighted by atomic mass is 9.87. The number of fused-ring (bicyclic) bond motifs is 1. The molecule has 4 aromatic rings. The van der Waals surface area contributed by atoms with Crippen LogP contribution in [0.2, 0.25) is 0 Å². The monoisotopic (exact) mass is 547 g/mol. The first-order chi connectivity index (χ1) is 18.5. The molecule has 8 heteroatoms. The SMILES string of the molecule is CCCC(=O)N(c1ccc2oc(-c3ccccc3)c(C(=O)OCC)c2c1)S(=O)(=O)c1ccc(C(C)(C)C)cc1. The molecule has 0 atom stereocenters. The zero-order chi connectivity index (χ0) is 28.4. The van der Waals surface area contributed by atoms with Gasteiger partial charge in [-0.2, -0.15) is 0 Å². The quantitative estimate of drug-likeness (QED) is 0.219. The minimum Gasteiger partial charge on any atom is -0.462 e. The molecular formula is C31H33NO6S. The van der Waals surface area contributed by atoms with Crippen LogP contribution in [0.15, 0.2) is 82.1 Å². The highest BCUT2D eigenvalue weighted by atomic mass is 32.2. The van der Waals surface area contributed by atoms with Crippen LogP contribution in [0.4, 0.5) is 5.69 Å². The maximum Gasteiger partial charge on any atom is 0.342 e. The number of anilines is 1. The Bertz CT molecular complexity index is 1600. The molecule has 0 saturated heterocycles. The lowest BCUT2D eigenvalue weighted by Crippen LogP contribution is -2.36. The van der Waals surface area contributed by atoms with Gasteiger partial charge in [0.2, 0.25) is 5.91 Å². The Balaban J connectivity index is 1.90.